The Balaban J connectivity index is 1.90. The lowest BCUT2D eigenvalue weighted by Gasteiger charge is -2.45. The van der Waals surface area contributed by atoms with Gasteiger partial charge in [0.25, 0.3) is 0 Å². The zero-order valence-corrected chi connectivity index (χ0v) is 13.2. The molecule has 4 nitrogen and oxygen atoms in total. The zero-order chi connectivity index (χ0) is 17.2. The number of halogens is 3. The van der Waals surface area contributed by atoms with Crippen LogP contribution in [-0.4, -0.2) is 35.4 Å². The van der Waals surface area contributed by atoms with Crippen LogP contribution in [0.5, 0.6) is 0 Å². The van der Waals surface area contributed by atoms with Gasteiger partial charge in [-0.25, -0.2) is 0 Å². The van der Waals surface area contributed by atoms with Crippen LogP contribution in [-0.2, 0) is 17.4 Å². The lowest BCUT2D eigenvalue weighted by atomic mass is 9.72. The van der Waals surface area contributed by atoms with Crippen LogP contribution in [0.15, 0.2) is 18.2 Å². The average molecular weight is 337 g/mol. The molecule has 128 valence electrons. The van der Waals surface area contributed by atoms with E-state index in [0.717, 1.165) is 5.56 Å². The smallest absolute Gasteiger partial charge is 0.369 e. The predicted molar refractivity (Wildman–Crippen MR) is 83.5 cm³/mol. The molecule has 0 saturated carbocycles. The van der Waals surface area contributed by atoms with Crippen LogP contribution in [0, 0.1) is 5.92 Å². The van der Waals surface area contributed by atoms with E-state index in [9.17, 15) is 18.0 Å². The molecule has 2 aliphatic rings. The Hall–Kier alpha value is -2.02. The fraction of sp³-hybridized carbons (Fsp3) is 0.471. The third-order valence-corrected chi connectivity index (χ3v) is 5.54. The number of piperidine rings is 1. The van der Waals surface area contributed by atoms with Crippen molar-refractivity contribution in [3.63, 3.8) is 0 Å². The van der Waals surface area contributed by atoms with Crippen molar-refractivity contribution in [3.8, 4) is 0 Å². The van der Waals surface area contributed by atoms with Crippen molar-refractivity contribution in [2.75, 3.05) is 13.6 Å². The van der Waals surface area contributed by atoms with Gasteiger partial charge in [0.1, 0.15) is 5.69 Å². The summed E-state index contributed by atoms with van der Waals surface area (Å²) in [5, 5.41) is 0.671. The number of alkyl halides is 3. The van der Waals surface area contributed by atoms with Gasteiger partial charge in [0.2, 0.25) is 5.91 Å². The molecule has 0 unspecified atom stereocenters. The molecule has 4 rings (SSSR count). The molecule has 1 aromatic carbocycles. The van der Waals surface area contributed by atoms with Crippen molar-refractivity contribution in [2.24, 2.45) is 11.7 Å². The number of likely N-dealkylation sites (N-methyl/N-ethyl adjacent to an activating group) is 1. The molecule has 1 saturated heterocycles. The number of carbonyl (C=O) groups is 1. The van der Waals surface area contributed by atoms with E-state index in [1.54, 1.807) is 12.1 Å². The molecule has 0 spiro atoms. The lowest BCUT2D eigenvalue weighted by molar-refractivity contribution is -0.141. The van der Waals surface area contributed by atoms with Crippen molar-refractivity contribution >= 4 is 16.8 Å². The summed E-state index contributed by atoms with van der Waals surface area (Å²) in [4.78, 5) is 16.2. The minimum Gasteiger partial charge on any atom is -0.369 e. The minimum atomic E-state index is -4.40. The zero-order valence-electron chi connectivity index (χ0n) is 13.2. The number of aromatic amines is 1. The Bertz CT molecular complexity index is 826. The standard InChI is InChI=1S/C17H18F3N3O/c1-23-7-8(16(21)24)5-10-9-3-2-4-12-14(9)11(6-13(10)23)15(22-12)17(18,19)20/h2-4,8,10,13,22H,5-7H2,1H3,(H2,21,24)/t8-,10-,13-/m1/s1. The number of rotatable bonds is 1. The van der Waals surface area contributed by atoms with Crippen molar-refractivity contribution in [2.45, 2.75) is 31.0 Å². The maximum Gasteiger partial charge on any atom is 0.431 e. The number of carbonyl (C=O) groups excluding carboxylic acids is 1. The highest BCUT2D eigenvalue weighted by Gasteiger charge is 2.45. The van der Waals surface area contributed by atoms with Gasteiger partial charge in [-0.2, -0.15) is 13.2 Å². The average Bonchev–Trinajstić information content (AvgIpc) is 2.88. The molecule has 3 N–H and O–H groups in total. The van der Waals surface area contributed by atoms with Gasteiger partial charge in [-0.1, -0.05) is 12.1 Å². The molecule has 1 fully saturated rings. The quantitative estimate of drug-likeness (QED) is 0.840. The van der Waals surface area contributed by atoms with E-state index in [4.69, 9.17) is 5.73 Å². The fourth-order valence-electron chi connectivity index (χ4n) is 4.48. The third kappa shape index (κ3) is 2.14. The first kappa shape index (κ1) is 15.5. The second-order valence-electron chi connectivity index (χ2n) is 6.90. The van der Waals surface area contributed by atoms with Gasteiger partial charge in [-0.3, -0.25) is 4.79 Å². The summed E-state index contributed by atoms with van der Waals surface area (Å²) in [6.07, 6.45) is -3.48. The molecule has 1 aromatic heterocycles. The molecule has 1 aliphatic heterocycles. The van der Waals surface area contributed by atoms with Crippen LogP contribution in [0.25, 0.3) is 10.9 Å². The molecular weight excluding hydrogens is 319 g/mol. The maximum absolute atomic E-state index is 13.4. The number of benzene rings is 1. The summed E-state index contributed by atoms with van der Waals surface area (Å²) in [5.41, 5.74) is 6.59. The Morgan fingerprint density at radius 1 is 1.38 bits per heavy atom. The molecule has 2 aromatic rings. The first-order valence-electron chi connectivity index (χ1n) is 7.97. The number of amides is 1. The number of H-pyrrole nitrogens is 1. The number of hydrogen-bond acceptors (Lipinski definition) is 2. The van der Waals surface area contributed by atoms with E-state index in [1.807, 2.05) is 18.0 Å². The highest BCUT2D eigenvalue weighted by molar-refractivity contribution is 5.90. The van der Waals surface area contributed by atoms with E-state index in [0.29, 0.717) is 35.9 Å². The van der Waals surface area contributed by atoms with Gasteiger partial charge in [0.15, 0.2) is 0 Å². The van der Waals surface area contributed by atoms with E-state index >= 15 is 0 Å². The second-order valence-corrected chi connectivity index (χ2v) is 6.90. The number of nitrogens with two attached hydrogens (primary N) is 1. The topological polar surface area (TPSA) is 62.1 Å². The number of nitrogens with one attached hydrogen (secondary N) is 1. The molecule has 2 heterocycles. The van der Waals surface area contributed by atoms with E-state index in [2.05, 4.69) is 4.98 Å². The van der Waals surface area contributed by atoms with Gasteiger partial charge in [0.05, 0.1) is 5.92 Å². The third-order valence-electron chi connectivity index (χ3n) is 5.54. The van der Waals surface area contributed by atoms with E-state index in [1.165, 1.54) is 0 Å². The molecule has 24 heavy (non-hydrogen) atoms. The van der Waals surface area contributed by atoms with Crippen molar-refractivity contribution in [1.29, 1.82) is 0 Å². The number of fused-ring (bicyclic) bond motifs is 2. The number of aromatic nitrogens is 1. The summed E-state index contributed by atoms with van der Waals surface area (Å²) in [6, 6.07) is 5.29. The maximum atomic E-state index is 13.4. The number of nitrogens with zero attached hydrogens (tertiary/aromatic N) is 1. The van der Waals surface area contributed by atoms with Crippen LogP contribution >= 0.6 is 0 Å². The Morgan fingerprint density at radius 2 is 2.12 bits per heavy atom. The summed E-state index contributed by atoms with van der Waals surface area (Å²) in [7, 11) is 1.86. The SMILES string of the molecule is CN1C[C@H](C(N)=O)C[C@@H]2c3cccc4[nH]c(C(F)(F)F)c(c34)C[C@H]21. The highest BCUT2D eigenvalue weighted by atomic mass is 19.4. The predicted octanol–water partition coefficient (Wildman–Crippen LogP) is 2.63. The van der Waals surface area contributed by atoms with Crippen LogP contribution in [0.4, 0.5) is 13.2 Å². The first-order chi connectivity index (χ1) is 11.3. The molecule has 3 atom stereocenters. The summed E-state index contributed by atoms with van der Waals surface area (Å²) in [6.45, 7) is 0.494. The summed E-state index contributed by atoms with van der Waals surface area (Å²) in [5.74, 6) is -0.591. The molecule has 1 amide bonds. The largest absolute Gasteiger partial charge is 0.431 e. The lowest BCUT2D eigenvalue weighted by Crippen LogP contribution is -2.50. The van der Waals surface area contributed by atoms with E-state index in [-0.39, 0.29) is 23.8 Å². The molecular formula is C17H18F3N3O. The Morgan fingerprint density at radius 3 is 2.79 bits per heavy atom. The molecule has 0 radical (unpaired) electrons. The van der Waals surface area contributed by atoms with Crippen molar-refractivity contribution in [1.82, 2.24) is 9.88 Å². The second kappa shape index (κ2) is 4.99. The van der Waals surface area contributed by atoms with Crippen LogP contribution in [0.3, 0.4) is 0 Å². The van der Waals surface area contributed by atoms with Gasteiger partial charge in [-0.15, -0.1) is 0 Å². The fourth-order valence-corrected chi connectivity index (χ4v) is 4.48. The van der Waals surface area contributed by atoms with Crippen LogP contribution < -0.4 is 5.73 Å². The van der Waals surface area contributed by atoms with Gasteiger partial charge in [-0.05, 0) is 37.1 Å². The molecule has 0 bridgehead atoms. The summed E-state index contributed by atoms with van der Waals surface area (Å²) >= 11 is 0. The number of likely N-dealkylation sites (tertiary alicyclic amines) is 1. The minimum absolute atomic E-state index is 0.0225. The van der Waals surface area contributed by atoms with Crippen LogP contribution in [0.1, 0.15) is 29.2 Å². The Kier molecular flexibility index (Phi) is 3.22. The number of primary amides is 1. The first-order valence-corrected chi connectivity index (χ1v) is 7.97. The van der Waals surface area contributed by atoms with Gasteiger partial charge in [0, 0.05) is 29.4 Å². The van der Waals surface area contributed by atoms with Crippen molar-refractivity contribution < 1.29 is 18.0 Å². The normalized spacial score (nSPS) is 27.2. The van der Waals surface area contributed by atoms with Gasteiger partial charge >= 0.3 is 6.18 Å². The van der Waals surface area contributed by atoms with Crippen molar-refractivity contribution in [3.05, 3.63) is 35.0 Å². The molecule has 1 aliphatic carbocycles. The molecule has 7 heteroatoms. The monoisotopic (exact) mass is 337 g/mol. The van der Waals surface area contributed by atoms with Crippen LogP contribution in [0.2, 0.25) is 0 Å². The highest BCUT2D eigenvalue weighted by Crippen LogP contribution is 2.47. The van der Waals surface area contributed by atoms with Gasteiger partial charge < -0.3 is 15.6 Å². The Labute approximate surface area is 136 Å². The van der Waals surface area contributed by atoms with E-state index < -0.39 is 11.9 Å². The number of hydrogen-bond donors (Lipinski definition) is 2. The summed E-state index contributed by atoms with van der Waals surface area (Å²) < 4.78 is 40.2.